The lowest BCUT2D eigenvalue weighted by Crippen LogP contribution is -2.40. The molecule has 1 aromatic carbocycles. The average molecular weight is 307 g/mol. The smallest absolute Gasteiger partial charge is 0.268 e. The topological polar surface area (TPSA) is 58.2 Å². The van der Waals surface area contributed by atoms with E-state index in [2.05, 4.69) is 10.9 Å². The highest BCUT2D eigenvalue weighted by molar-refractivity contribution is 7.10. The van der Waals surface area contributed by atoms with Gasteiger partial charge in [0, 0.05) is 21.5 Å². The summed E-state index contributed by atoms with van der Waals surface area (Å²) in [6.45, 7) is 0. The highest BCUT2D eigenvalue weighted by Crippen LogP contribution is 2.10. The number of halogens is 1. The van der Waals surface area contributed by atoms with Crippen LogP contribution in [-0.4, -0.2) is 11.8 Å². The van der Waals surface area contributed by atoms with Crippen LogP contribution in [0.15, 0.2) is 47.9 Å². The number of benzene rings is 1. The lowest BCUT2D eigenvalue weighted by molar-refractivity contribution is -0.117. The molecule has 20 heavy (non-hydrogen) atoms. The molecule has 0 radical (unpaired) electrons. The molecule has 0 saturated carbocycles. The Hall–Kier alpha value is -2.11. The fraction of sp³-hybridized carbons (Fsp3) is 0. The fourth-order valence-corrected chi connectivity index (χ4v) is 2.12. The van der Waals surface area contributed by atoms with Crippen molar-refractivity contribution < 1.29 is 9.59 Å². The van der Waals surface area contributed by atoms with Crippen molar-refractivity contribution >= 4 is 40.8 Å². The van der Waals surface area contributed by atoms with Gasteiger partial charge in [0.25, 0.3) is 11.8 Å². The predicted molar refractivity (Wildman–Crippen MR) is 80.4 cm³/mol. The number of amides is 2. The van der Waals surface area contributed by atoms with Crippen molar-refractivity contribution in [3.8, 4) is 0 Å². The summed E-state index contributed by atoms with van der Waals surface area (Å²) in [4.78, 5) is 24.2. The summed E-state index contributed by atoms with van der Waals surface area (Å²) in [5.74, 6) is -0.805. The van der Waals surface area contributed by atoms with Crippen LogP contribution in [0.3, 0.4) is 0 Å². The van der Waals surface area contributed by atoms with Gasteiger partial charge in [0.05, 0.1) is 0 Å². The van der Waals surface area contributed by atoms with Gasteiger partial charge in [-0.05, 0) is 41.8 Å². The summed E-state index contributed by atoms with van der Waals surface area (Å²) in [7, 11) is 0. The number of hydrazine groups is 1. The maximum Gasteiger partial charge on any atom is 0.269 e. The number of thiophene rings is 1. The second-order valence-electron chi connectivity index (χ2n) is 3.80. The first-order valence-electron chi connectivity index (χ1n) is 5.72. The summed E-state index contributed by atoms with van der Waals surface area (Å²) in [5, 5.41) is 2.46. The van der Waals surface area contributed by atoms with Gasteiger partial charge in [-0.25, -0.2) is 0 Å². The Bertz CT molecular complexity index is 621. The van der Waals surface area contributed by atoms with Crippen molar-refractivity contribution in [3.63, 3.8) is 0 Å². The van der Waals surface area contributed by atoms with Crippen LogP contribution >= 0.6 is 22.9 Å². The van der Waals surface area contributed by atoms with Crippen molar-refractivity contribution in [1.82, 2.24) is 10.9 Å². The lowest BCUT2D eigenvalue weighted by Gasteiger charge is -2.05. The first kappa shape index (κ1) is 14.3. The van der Waals surface area contributed by atoms with Crippen LogP contribution in [0, 0.1) is 0 Å². The Morgan fingerprint density at radius 3 is 2.50 bits per heavy atom. The molecule has 4 nitrogen and oxygen atoms in total. The molecule has 0 fully saturated rings. The molecule has 2 aromatic rings. The number of hydrogen-bond acceptors (Lipinski definition) is 3. The number of carbonyl (C=O) groups excluding carboxylic acids is 2. The lowest BCUT2D eigenvalue weighted by atomic mass is 10.2. The van der Waals surface area contributed by atoms with E-state index in [-0.39, 0.29) is 0 Å². The van der Waals surface area contributed by atoms with Crippen molar-refractivity contribution in [2.24, 2.45) is 0 Å². The third-order valence-corrected chi connectivity index (χ3v) is 3.44. The Morgan fingerprint density at radius 1 is 1.10 bits per heavy atom. The van der Waals surface area contributed by atoms with Gasteiger partial charge in [-0.2, -0.15) is 0 Å². The van der Waals surface area contributed by atoms with Crippen LogP contribution in [0.4, 0.5) is 0 Å². The highest BCUT2D eigenvalue weighted by Gasteiger charge is 2.05. The van der Waals surface area contributed by atoms with Gasteiger partial charge in [-0.15, -0.1) is 11.3 Å². The molecule has 0 saturated heterocycles. The molecular formula is C14H11ClN2O2S. The molecule has 2 rings (SSSR count). The molecule has 2 N–H and O–H groups in total. The van der Waals surface area contributed by atoms with Gasteiger partial charge < -0.3 is 0 Å². The molecule has 6 heteroatoms. The van der Waals surface area contributed by atoms with Crippen LogP contribution in [0.25, 0.3) is 6.08 Å². The molecule has 0 aliphatic heterocycles. The molecule has 102 valence electrons. The standard InChI is InChI=1S/C14H11ClN2O2S/c15-11-5-3-10(4-6-11)14(19)17-16-13(18)8-7-12-2-1-9-20-12/h1-9H,(H,16,18)(H,17,19)/b8-7+. The van der Waals surface area contributed by atoms with Gasteiger partial charge in [0.15, 0.2) is 0 Å². The Kier molecular flexibility index (Phi) is 4.92. The fourth-order valence-electron chi connectivity index (χ4n) is 1.38. The molecule has 0 aliphatic carbocycles. The van der Waals surface area contributed by atoms with Gasteiger partial charge >= 0.3 is 0 Å². The first-order chi connectivity index (χ1) is 9.65. The minimum absolute atomic E-state index is 0.402. The third-order valence-electron chi connectivity index (χ3n) is 2.35. The van der Waals surface area contributed by atoms with Gasteiger partial charge in [-0.3, -0.25) is 20.4 Å². The van der Waals surface area contributed by atoms with Crippen molar-refractivity contribution in [3.05, 3.63) is 63.3 Å². The third kappa shape index (κ3) is 4.22. The SMILES string of the molecule is O=C(/C=C/c1cccs1)NNC(=O)c1ccc(Cl)cc1. The van der Waals surface area contributed by atoms with Crippen LogP contribution < -0.4 is 10.9 Å². The van der Waals surface area contributed by atoms with E-state index in [4.69, 9.17) is 11.6 Å². The molecule has 0 unspecified atom stereocenters. The summed E-state index contributed by atoms with van der Waals surface area (Å²) in [6.07, 6.45) is 3.03. The first-order valence-corrected chi connectivity index (χ1v) is 6.98. The Labute approximate surface area is 125 Å². The largest absolute Gasteiger partial charge is 0.269 e. The van der Waals surface area contributed by atoms with Crippen molar-refractivity contribution in [2.75, 3.05) is 0 Å². The van der Waals surface area contributed by atoms with Crippen LogP contribution in [0.5, 0.6) is 0 Å². The molecule has 0 atom stereocenters. The van der Waals surface area contributed by atoms with Crippen LogP contribution in [-0.2, 0) is 4.79 Å². The molecule has 1 heterocycles. The molecule has 0 aliphatic rings. The molecular weight excluding hydrogens is 296 g/mol. The highest BCUT2D eigenvalue weighted by atomic mass is 35.5. The van der Waals surface area contributed by atoms with E-state index >= 15 is 0 Å². The van der Waals surface area contributed by atoms with E-state index in [1.807, 2.05) is 17.5 Å². The summed E-state index contributed by atoms with van der Waals surface area (Å²) < 4.78 is 0. The zero-order valence-corrected chi connectivity index (χ0v) is 11.9. The molecule has 1 aromatic heterocycles. The normalized spacial score (nSPS) is 10.4. The summed E-state index contributed by atoms with van der Waals surface area (Å²) in [6, 6.07) is 10.1. The average Bonchev–Trinajstić information content (AvgIpc) is 2.96. The number of hydrogen-bond donors (Lipinski definition) is 2. The van der Waals surface area contributed by atoms with E-state index in [9.17, 15) is 9.59 Å². The minimum atomic E-state index is -0.403. The predicted octanol–water partition coefficient (Wildman–Crippen LogP) is 2.88. The zero-order chi connectivity index (χ0) is 14.4. The zero-order valence-electron chi connectivity index (χ0n) is 10.3. The molecule has 0 bridgehead atoms. The maximum atomic E-state index is 11.7. The number of nitrogens with one attached hydrogen (secondary N) is 2. The van der Waals surface area contributed by atoms with Gasteiger partial charge in [0.1, 0.15) is 0 Å². The van der Waals surface area contributed by atoms with Crippen molar-refractivity contribution in [2.45, 2.75) is 0 Å². The van der Waals surface area contributed by atoms with Crippen LogP contribution in [0.2, 0.25) is 5.02 Å². The number of rotatable bonds is 3. The Morgan fingerprint density at radius 2 is 1.85 bits per heavy atom. The molecule has 0 spiro atoms. The van der Waals surface area contributed by atoms with E-state index in [0.717, 1.165) is 4.88 Å². The van der Waals surface area contributed by atoms with Crippen LogP contribution in [0.1, 0.15) is 15.2 Å². The van der Waals surface area contributed by atoms with Crippen molar-refractivity contribution in [1.29, 1.82) is 0 Å². The molecule has 2 amide bonds. The van der Waals surface area contributed by atoms with E-state index in [0.29, 0.717) is 10.6 Å². The Balaban J connectivity index is 1.84. The minimum Gasteiger partial charge on any atom is -0.268 e. The van der Waals surface area contributed by atoms with E-state index in [1.165, 1.54) is 17.4 Å². The summed E-state index contributed by atoms with van der Waals surface area (Å²) >= 11 is 7.25. The second-order valence-corrected chi connectivity index (χ2v) is 5.21. The van der Waals surface area contributed by atoms with E-state index < -0.39 is 11.8 Å². The van der Waals surface area contributed by atoms with Gasteiger partial charge in [-0.1, -0.05) is 17.7 Å². The maximum absolute atomic E-state index is 11.7. The van der Waals surface area contributed by atoms with Gasteiger partial charge in [0.2, 0.25) is 0 Å². The second kappa shape index (κ2) is 6.88. The summed E-state index contributed by atoms with van der Waals surface area (Å²) in [5.41, 5.74) is 5.04. The number of carbonyl (C=O) groups is 2. The van der Waals surface area contributed by atoms with E-state index in [1.54, 1.807) is 30.3 Å². The monoisotopic (exact) mass is 306 g/mol. The quantitative estimate of drug-likeness (QED) is 0.676.